The van der Waals surface area contributed by atoms with Crippen molar-refractivity contribution in [2.24, 2.45) is 5.92 Å². The van der Waals surface area contributed by atoms with Crippen LogP contribution in [0.1, 0.15) is 16.4 Å². The molecule has 0 saturated carbocycles. The Morgan fingerprint density at radius 3 is 2.91 bits per heavy atom. The van der Waals surface area contributed by atoms with Crippen LogP contribution in [0.5, 0.6) is 0 Å². The van der Waals surface area contributed by atoms with Gasteiger partial charge in [0.25, 0.3) is 0 Å². The van der Waals surface area contributed by atoms with Crippen molar-refractivity contribution in [1.82, 2.24) is 4.98 Å². The number of halogens is 2. The van der Waals surface area contributed by atoms with Gasteiger partial charge in [0.1, 0.15) is 6.61 Å². The second-order valence-electron chi connectivity index (χ2n) is 5.14. The molecule has 1 N–H and O–H groups in total. The van der Waals surface area contributed by atoms with Crippen molar-refractivity contribution in [3.63, 3.8) is 0 Å². The van der Waals surface area contributed by atoms with Crippen LogP contribution in [0.25, 0.3) is 0 Å². The monoisotopic (exact) mass is 373 g/mol. The zero-order chi connectivity index (χ0) is 15.4. The Morgan fingerprint density at radius 2 is 2.09 bits per heavy atom. The van der Waals surface area contributed by atoms with Gasteiger partial charge in [-0.05, 0) is 11.6 Å². The molecule has 114 valence electrons. The molecule has 8 heteroatoms. The lowest BCUT2D eigenvalue weighted by Gasteiger charge is -2.30. The molecule has 1 fully saturated rings. The van der Waals surface area contributed by atoms with E-state index in [0.29, 0.717) is 16.7 Å². The van der Waals surface area contributed by atoms with Crippen LogP contribution >= 0.6 is 46.3 Å². The lowest BCUT2D eigenvalue weighted by atomic mass is 9.83. The minimum atomic E-state index is -0.347. The maximum absolute atomic E-state index is 12.2. The summed E-state index contributed by atoms with van der Waals surface area (Å²) in [4.78, 5) is 27.5. The third kappa shape index (κ3) is 2.12. The molecule has 3 heterocycles. The SMILES string of the molecule is O=C1OC[C@H]2Sc3[nH]c(=O)sc3[C@@H](c3cccc(Cl)c3Cl)[C@@H]12. The summed E-state index contributed by atoms with van der Waals surface area (Å²) < 4.78 is 5.23. The fourth-order valence-corrected chi connectivity index (χ4v) is 5.91. The molecular weight excluding hydrogens is 365 g/mol. The van der Waals surface area contributed by atoms with E-state index in [1.54, 1.807) is 12.1 Å². The number of aromatic amines is 1. The smallest absolute Gasteiger partial charge is 0.311 e. The van der Waals surface area contributed by atoms with Gasteiger partial charge in [-0.15, -0.1) is 0 Å². The van der Waals surface area contributed by atoms with Gasteiger partial charge in [0.15, 0.2) is 0 Å². The molecule has 0 amide bonds. The third-order valence-corrected chi connectivity index (χ3v) is 7.15. The number of cyclic esters (lactones) is 1. The zero-order valence-corrected chi connectivity index (χ0v) is 14.1. The van der Waals surface area contributed by atoms with Gasteiger partial charge in [0, 0.05) is 10.8 Å². The number of ether oxygens (including phenoxy) is 1. The van der Waals surface area contributed by atoms with Crippen LogP contribution < -0.4 is 4.87 Å². The van der Waals surface area contributed by atoms with E-state index < -0.39 is 0 Å². The van der Waals surface area contributed by atoms with Gasteiger partial charge in [-0.2, -0.15) is 0 Å². The zero-order valence-electron chi connectivity index (χ0n) is 11.0. The molecule has 2 aliphatic rings. The van der Waals surface area contributed by atoms with Crippen molar-refractivity contribution in [2.75, 3.05) is 6.61 Å². The summed E-state index contributed by atoms with van der Waals surface area (Å²) in [6, 6.07) is 5.36. The highest BCUT2D eigenvalue weighted by Crippen LogP contribution is 2.53. The van der Waals surface area contributed by atoms with Crippen LogP contribution in [0.15, 0.2) is 28.0 Å². The van der Waals surface area contributed by atoms with Crippen LogP contribution in [-0.4, -0.2) is 22.8 Å². The van der Waals surface area contributed by atoms with Crippen LogP contribution in [-0.2, 0) is 9.53 Å². The fraction of sp³-hybridized carbons (Fsp3) is 0.286. The lowest BCUT2D eigenvalue weighted by Crippen LogP contribution is -2.30. The first-order chi connectivity index (χ1) is 10.6. The quantitative estimate of drug-likeness (QED) is 0.776. The number of H-pyrrole nitrogens is 1. The first-order valence-corrected chi connectivity index (χ1v) is 9.01. The predicted molar refractivity (Wildman–Crippen MR) is 87.3 cm³/mol. The summed E-state index contributed by atoms with van der Waals surface area (Å²) in [5, 5.41) is 1.64. The molecule has 1 aromatic carbocycles. The fourth-order valence-electron chi connectivity index (χ4n) is 3.00. The first kappa shape index (κ1) is 14.6. The van der Waals surface area contributed by atoms with E-state index in [9.17, 15) is 9.59 Å². The minimum absolute atomic E-state index is 0.0229. The molecule has 4 nitrogen and oxygen atoms in total. The number of carbonyl (C=O) groups is 1. The molecular formula is C14H9Cl2NO3S2. The Morgan fingerprint density at radius 1 is 1.27 bits per heavy atom. The Hall–Kier alpha value is -0.950. The standard InChI is InChI=1S/C14H9Cl2NO3S2/c15-6-3-1-2-5(10(6)16)8-9-7(4-20-13(9)18)21-12-11(8)22-14(19)17-12/h1-3,7-9H,4H2,(H,17,19)/t7-,8+,9+/m1/s1. The van der Waals surface area contributed by atoms with Crippen molar-refractivity contribution in [3.05, 3.63) is 48.4 Å². The van der Waals surface area contributed by atoms with Gasteiger partial charge in [0.2, 0.25) is 0 Å². The topological polar surface area (TPSA) is 59.2 Å². The average molecular weight is 374 g/mol. The summed E-state index contributed by atoms with van der Waals surface area (Å²) in [5.41, 5.74) is 0.764. The normalized spacial score (nSPS) is 26.5. The molecule has 2 aromatic rings. The summed E-state index contributed by atoms with van der Waals surface area (Å²) in [6.45, 7) is 0.347. The molecule has 1 saturated heterocycles. The van der Waals surface area contributed by atoms with E-state index in [1.807, 2.05) is 6.07 Å². The largest absolute Gasteiger partial charge is 0.464 e. The average Bonchev–Trinajstić information content (AvgIpc) is 3.02. The van der Waals surface area contributed by atoms with Crippen LogP contribution in [0, 0.1) is 5.92 Å². The number of nitrogens with one attached hydrogen (secondary N) is 1. The van der Waals surface area contributed by atoms with E-state index in [4.69, 9.17) is 27.9 Å². The maximum atomic E-state index is 12.2. The first-order valence-electron chi connectivity index (χ1n) is 6.56. The van der Waals surface area contributed by atoms with Crippen molar-refractivity contribution in [3.8, 4) is 0 Å². The van der Waals surface area contributed by atoms with E-state index in [-0.39, 0.29) is 27.9 Å². The van der Waals surface area contributed by atoms with E-state index in [1.165, 1.54) is 11.8 Å². The highest BCUT2D eigenvalue weighted by Gasteiger charge is 2.49. The van der Waals surface area contributed by atoms with E-state index in [0.717, 1.165) is 26.8 Å². The molecule has 22 heavy (non-hydrogen) atoms. The number of benzene rings is 1. The van der Waals surface area contributed by atoms with Crippen LogP contribution in [0.3, 0.4) is 0 Å². The number of esters is 1. The van der Waals surface area contributed by atoms with Gasteiger partial charge in [0.05, 0.1) is 26.2 Å². The minimum Gasteiger partial charge on any atom is -0.464 e. The predicted octanol–water partition coefficient (Wildman–Crippen LogP) is 3.52. The van der Waals surface area contributed by atoms with Gasteiger partial charge in [-0.1, -0.05) is 58.4 Å². The van der Waals surface area contributed by atoms with E-state index >= 15 is 0 Å². The number of thioether (sulfide) groups is 1. The van der Waals surface area contributed by atoms with Crippen molar-refractivity contribution in [2.45, 2.75) is 16.2 Å². The molecule has 0 bridgehead atoms. The molecule has 0 spiro atoms. The highest BCUT2D eigenvalue weighted by molar-refractivity contribution is 8.00. The molecule has 0 radical (unpaired) electrons. The van der Waals surface area contributed by atoms with Crippen LogP contribution in [0.2, 0.25) is 10.0 Å². The second kappa shape index (κ2) is 5.30. The maximum Gasteiger partial charge on any atom is 0.311 e. The number of hydrogen-bond acceptors (Lipinski definition) is 5. The highest BCUT2D eigenvalue weighted by atomic mass is 35.5. The Balaban J connectivity index is 1.95. The molecule has 0 unspecified atom stereocenters. The number of hydrogen-bond donors (Lipinski definition) is 1. The number of fused-ring (bicyclic) bond motifs is 2. The summed E-state index contributed by atoms with van der Waals surface area (Å²) in [6.07, 6.45) is 0. The summed E-state index contributed by atoms with van der Waals surface area (Å²) >= 11 is 15.1. The van der Waals surface area contributed by atoms with Crippen molar-refractivity contribution in [1.29, 1.82) is 0 Å². The lowest BCUT2D eigenvalue weighted by molar-refractivity contribution is -0.141. The number of aromatic nitrogens is 1. The molecule has 4 rings (SSSR count). The summed E-state index contributed by atoms with van der Waals surface area (Å²) in [5.74, 6) is -0.892. The number of carbonyl (C=O) groups excluding carboxylic acids is 1. The van der Waals surface area contributed by atoms with Crippen LogP contribution in [0.4, 0.5) is 0 Å². The van der Waals surface area contributed by atoms with Crippen molar-refractivity contribution < 1.29 is 9.53 Å². The van der Waals surface area contributed by atoms with Gasteiger partial charge >= 0.3 is 10.8 Å². The second-order valence-corrected chi connectivity index (χ2v) is 8.19. The molecule has 3 atom stereocenters. The van der Waals surface area contributed by atoms with Crippen molar-refractivity contribution >= 4 is 52.3 Å². The summed E-state index contributed by atoms with van der Waals surface area (Å²) in [7, 11) is 0. The van der Waals surface area contributed by atoms with Gasteiger partial charge in [-0.3, -0.25) is 9.59 Å². The number of rotatable bonds is 1. The third-order valence-electron chi connectivity index (χ3n) is 3.93. The Kier molecular flexibility index (Phi) is 3.52. The Labute approximate surface area is 143 Å². The van der Waals surface area contributed by atoms with E-state index in [2.05, 4.69) is 4.98 Å². The van der Waals surface area contributed by atoms with Gasteiger partial charge in [-0.25, -0.2) is 0 Å². The molecule has 1 aromatic heterocycles. The van der Waals surface area contributed by atoms with Gasteiger partial charge < -0.3 is 9.72 Å². The Bertz CT molecular complexity index is 832. The molecule has 2 aliphatic heterocycles. The number of thiazole rings is 1. The molecule has 0 aliphatic carbocycles.